The van der Waals surface area contributed by atoms with Crippen molar-refractivity contribution in [3.8, 4) is 5.69 Å². The van der Waals surface area contributed by atoms with Crippen LogP contribution in [-0.4, -0.2) is 22.4 Å². The van der Waals surface area contributed by atoms with Gasteiger partial charge in [-0.15, -0.1) is 0 Å². The summed E-state index contributed by atoms with van der Waals surface area (Å²) in [5.41, 5.74) is 8.65. The Balaban J connectivity index is 2.38. The number of benzene rings is 1. The number of hydrogen-bond acceptors (Lipinski definition) is 4. The van der Waals surface area contributed by atoms with Gasteiger partial charge in [0.25, 0.3) is 0 Å². The molecule has 2 aromatic rings. The molecule has 0 aliphatic heterocycles. The molecule has 2 rings (SSSR count). The van der Waals surface area contributed by atoms with E-state index in [1.807, 2.05) is 31.2 Å². The summed E-state index contributed by atoms with van der Waals surface area (Å²) in [5, 5.41) is 4.26. The molecule has 0 unspecified atom stereocenters. The number of nitrogens with two attached hydrogens (primary N) is 1. The Labute approximate surface area is 112 Å². The zero-order valence-electron chi connectivity index (χ0n) is 11.1. The zero-order valence-corrected chi connectivity index (χ0v) is 11.1. The summed E-state index contributed by atoms with van der Waals surface area (Å²) in [6.07, 6.45) is 1.76. The minimum atomic E-state index is -0.436. The van der Waals surface area contributed by atoms with Crippen LogP contribution in [0.4, 0.5) is 0 Å². The Morgan fingerprint density at radius 2 is 2.05 bits per heavy atom. The zero-order chi connectivity index (χ0) is 13.8. The van der Waals surface area contributed by atoms with Gasteiger partial charge in [-0.3, -0.25) is 0 Å². The minimum Gasteiger partial charge on any atom is -0.461 e. The predicted molar refractivity (Wildman–Crippen MR) is 72.1 cm³/mol. The number of aryl methyl sites for hydroxylation is 1. The topological polar surface area (TPSA) is 70.1 Å². The molecule has 0 saturated heterocycles. The standard InChI is InChI=1S/C14H17N3O2/c1-3-19-14(18)13-11(8-15)9-17(16-13)12-6-4-10(2)5-7-12/h4-7,9H,3,8,15H2,1-2H3. The fraction of sp³-hybridized carbons (Fsp3) is 0.286. The molecule has 0 spiro atoms. The van der Waals surface area contributed by atoms with Crippen LogP contribution in [0.5, 0.6) is 0 Å². The van der Waals surface area contributed by atoms with Gasteiger partial charge in [0.2, 0.25) is 0 Å². The van der Waals surface area contributed by atoms with Crippen LogP contribution in [0.25, 0.3) is 5.69 Å². The third-order valence-electron chi connectivity index (χ3n) is 2.78. The number of aromatic nitrogens is 2. The lowest BCUT2D eigenvalue weighted by Gasteiger charge is -2.01. The van der Waals surface area contributed by atoms with E-state index in [0.717, 1.165) is 5.69 Å². The van der Waals surface area contributed by atoms with Crippen molar-refractivity contribution >= 4 is 5.97 Å². The predicted octanol–water partition coefficient (Wildman–Crippen LogP) is 1.82. The van der Waals surface area contributed by atoms with Gasteiger partial charge >= 0.3 is 5.97 Å². The molecule has 0 amide bonds. The van der Waals surface area contributed by atoms with Gasteiger partial charge in [0.1, 0.15) is 0 Å². The van der Waals surface area contributed by atoms with Gasteiger partial charge in [-0.1, -0.05) is 17.7 Å². The van der Waals surface area contributed by atoms with Crippen LogP contribution < -0.4 is 5.73 Å². The lowest BCUT2D eigenvalue weighted by Crippen LogP contribution is -2.10. The smallest absolute Gasteiger partial charge is 0.359 e. The minimum absolute atomic E-state index is 0.250. The van der Waals surface area contributed by atoms with E-state index in [1.165, 1.54) is 5.56 Å². The second kappa shape index (κ2) is 5.67. The molecule has 0 saturated carbocycles. The highest BCUT2D eigenvalue weighted by Crippen LogP contribution is 2.14. The Morgan fingerprint density at radius 1 is 1.37 bits per heavy atom. The normalized spacial score (nSPS) is 10.5. The van der Waals surface area contributed by atoms with Crippen LogP contribution in [0.15, 0.2) is 30.5 Å². The molecule has 0 radical (unpaired) electrons. The molecule has 5 nitrogen and oxygen atoms in total. The summed E-state index contributed by atoms with van der Waals surface area (Å²) in [6.45, 7) is 4.35. The first-order valence-corrected chi connectivity index (χ1v) is 6.18. The second-order valence-corrected chi connectivity index (χ2v) is 4.21. The quantitative estimate of drug-likeness (QED) is 0.850. The number of carbonyl (C=O) groups is 1. The van der Waals surface area contributed by atoms with Gasteiger partial charge in [-0.05, 0) is 26.0 Å². The first kappa shape index (κ1) is 13.3. The fourth-order valence-corrected chi connectivity index (χ4v) is 1.76. The highest BCUT2D eigenvalue weighted by molar-refractivity contribution is 5.88. The first-order valence-electron chi connectivity index (χ1n) is 6.18. The first-order chi connectivity index (χ1) is 9.15. The fourth-order valence-electron chi connectivity index (χ4n) is 1.76. The molecular formula is C14H17N3O2. The van der Waals surface area contributed by atoms with Gasteiger partial charge in [0, 0.05) is 18.3 Å². The second-order valence-electron chi connectivity index (χ2n) is 4.21. The summed E-state index contributed by atoms with van der Waals surface area (Å²) >= 11 is 0. The van der Waals surface area contributed by atoms with Gasteiger partial charge in [-0.2, -0.15) is 5.10 Å². The molecule has 19 heavy (non-hydrogen) atoms. The van der Waals surface area contributed by atoms with Crippen molar-refractivity contribution in [3.05, 3.63) is 47.3 Å². The molecule has 0 aliphatic rings. The van der Waals surface area contributed by atoms with Gasteiger partial charge < -0.3 is 10.5 Å². The molecule has 0 aliphatic carbocycles. The number of rotatable bonds is 4. The monoisotopic (exact) mass is 259 g/mol. The molecule has 1 aromatic carbocycles. The highest BCUT2D eigenvalue weighted by atomic mass is 16.5. The van der Waals surface area contributed by atoms with Crippen LogP contribution >= 0.6 is 0 Å². The third kappa shape index (κ3) is 2.82. The third-order valence-corrected chi connectivity index (χ3v) is 2.78. The summed E-state index contributed by atoms with van der Waals surface area (Å²) < 4.78 is 6.62. The largest absolute Gasteiger partial charge is 0.461 e. The van der Waals surface area contributed by atoms with Crippen molar-refractivity contribution < 1.29 is 9.53 Å². The van der Waals surface area contributed by atoms with Gasteiger partial charge in [0.05, 0.1) is 12.3 Å². The summed E-state index contributed by atoms with van der Waals surface area (Å²) in [4.78, 5) is 11.8. The Hall–Kier alpha value is -2.14. The van der Waals surface area contributed by atoms with E-state index in [4.69, 9.17) is 10.5 Å². The van der Waals surface area contributed by atoms with Crippen LogP contribution in [-0.2, 0) is 11.3 Å². The van der Waals surface area contributed by atoms with E-state index in [-0.39, 0.29) is 12.2 Å². The van der Waals surface area contributed by atoms with E-state index >= 15 is 0 Å². The van der Waals surface area contributed by atoms with Crippen molar-refractivity contribution in [2.45, 2.75) is 20.4 Å². The molecule has 5 heteroatoms. The number of esters is 1. The van der Waals surface area contributed by atoms with E-state index in [0.29, 0.717) is 12.2 Å². The maximum Gasteiger partial charge on any atom is 0.359 e. The number of ether oxygens (including phenoxy) is 1. The van der Waals surface area contributed by atoms with Crippen molar-refractivity contribution in [2.75, 3.05) is 6.61 Å². The van der Waals surface area contributed by atoms with E-state index < -0.39 is 5.97 Å². The van der Waals surface area contributed by atoms with E-state index in [9.17, 15) is 4.79 Å². The molecule has 1 aromatic heterocycles. The Bertz CT molecular complexity index is 573. The number of carbonyl (C=O) groups excluding carboxylic acids is 1. The molecule has 100 valence electrons. The van der Waals surface area contributed by atoms with E-state index in [2.05, 4.69) is 5.10 Å². The van der Waals surface area contributed by atoms with Crippen molar-refractivity contribution in [1.29, 1.82) is 0 Å². The van der Waals surface area contributed by atoms with Crippen molar-refractivity contribution in [3.63, 3.8) is 0 Å². The lowest BCUT2D eigenvalue weighted by molar-refractivity contribution is 0.0517. The summed E-state index contributed by atoms with van der Waals surface area (Å²) in [5.74, 6) is -0.436. The van der Waals surface area contributed by atoms with Gasteiger partial charge in [0.15, 0.2) is 5.69 Å². The van der Waals surface area contributed by atoms with Gasteiger partial charge in [-0.25, -0.2) is 9.48 Å². The Kier molecular flexibility index (Phi) is 3.97. The molecule has 1 heterocycles. The average molecular weight is 259 g/mol. The summed E-state index contributed by atoms with van der Waals surface area (Å²) in [7, 11) is 0. The number of nitrogens with zero attached hydrogens (tertiary/aromatic N) is 2. The molecule has 0 bridgehead atoms. The highest BCUT2D eigenvalue weighted by Gasteiger charge is 2.17. The number of hydrogen-bond donors (Lipinski definition) is 1. The van der Waals surface area contributed by atoms with Crippen LogP contribution in [0.3, 0.4) is 0 Å². The maximum atomic E-state index is 11.8. The van der Waals surface area contributed by atoms with Crippen LogP contribution in [0, 0.1) is 6.92 Å². The molecular weight excluding hydrogens is 242 g/mol. The molecule has 2 N–H and O–H groups in total. The van der Waals surface area contributed by atoms with Crippen LogP contribution in [0.2, 0.25) is 0 Å². The average Bonchev–Trinajstić information content (AvgIpc) is 2.84. The Morgan fingerprint density at radius 3 is 2.63 bits per heavy atom. The van der Waals surface area contributed by atoms with Crippen molar-refractivity contribution in [1.82, 2.24) is 9.78 Å². The maximum absolute atomic E-state index is 11.8. The van der Waals surface area contributed by atoms with Crippen LogP contribution in [0.1, 0.15) is 28.5 Å². The van der Waals surface area contributed by atoms with E-state index in [1.54, 1.807) is 17.8 Å². The lowest BCUT2D eigenvalue weighted by atomic mass is 10.2. The molecule has 0 atom stereocenters. The SMILES string of the molecule is CCOC(=O)c1nn(-c2ccc(C)cc2)cc1CN. The molecule has 0 fully saturated rings. The van der Waals surface area contributed by atoms with Crippen molar-refractivity contribution in [2.24, 2.45) is 5.73 Å². The summed E-state index contributed by atoms with van der Waals surface area (Å²) in [6, 6.07) is 7.86.